The average Bonchev–Trinajstić information content (AvgIpc) is 3.54. The number of H-pyrrole nitrogens is 1. The number of ether oxygens (including phenoxy) is 1. The van der Waals surface area contributed by atoms with Crippen LogP contribution in [0.4, 0.5) is 0 Å². The van der Waals surface area contributed by atoms with E-state index >= 15 is 0 Å². The van der Waals surface area contributed by atoms with Gasteiger partial charge in [0.25, 0.3) is 0 Å². The van der Waals surface area contributed by atoms with Gasteiger partial charge < -0.3 is 36.1 Å². The predicted octanol–water partition coefficient (Wildman–Crippen LogP) is 4.42. The molecular weight excluding hydrogens is 674 g/mol. The first-order chi connectivity index (χ1) is 25.2. The van der Waals surface area contributed by atoms with E-state index in [1.54, 1.807) is 57.3 Å². The normalized spacial score (nSPS) is 13.8. The molecule has 0 unspecified atom stereocenters. The lowest BCUT2D eigenvalue weighted by Crippen LogP contribution is -2.55. The highest BCUT2D eigenvalue weighted by molar-refractivity contribution is 5.97. The van der Waals surface area contributed by atoms with E-state index in [9.17, 15) is 29.1 Å². The molecule has 12 heteroatoms. The highest BCUT2D eigenvalue weighted by Gasteiger charge is 2.37. The van der Waals surface area contributed by atoms with Gasteiger partial charge in [-0.05, 0) is 60.7 Å². The summed E-state index contributed by atoms with van der Waals surface area (Å²) >= 11 is 0. The maximum atomic E-state index is 14.4. The zero-order valence-electron chi connectivity index (χ0n) is 30.2. The Balaban J connectivity index is 1.39. The van der Waals surface area contributed by atoms with Crippen LogP contribution in [0.3, 0.4) is 0 Å². The molecule has 0 bridgehead atoms. The number of nitrogens with one attached hydrogen (secondary N) is 3. The van der Waals surface area contributed by atoms with Crippen molar-refractivity contribution in [1.29, 1.82) is 0 Å². The Morgan fingerprint density at radius 2 is 1.43 bits per heavy atom. The number of fused-ring (bicyclic) bond motifs is 2. The zero-order chi connectivity index (χ0) is 38.3. The van der Waals surface area contributed by atoms with Gasteiger partial charge in [0.2, 0.25) is 17.7 Å². The molecule has 5 aromatic rings. The van der Waals surface area contributed by atoms with Crippen molar-refractivity contribution in [3.8, 4) is 0 Å². The summed E-state index contributed by atoms with van der Waals surface area (Å²) in [6.45, 7) is 5.19. The summed E-state index contributed by atoms with van der Waals surface area (Å²) in [5, 5.41) is 17.6. The molecule has 6 N–H and O–H groups in total. The third kappa shape index (κ3) is 9.66. The number of nitrogens with two attached hydrogens (primary N) is 1. The van der Waals surface area contributed by atoms with Crippen LogP contribution in [-0.4, -0.2) is 75.4 Å². The van der Waals surface area contributed by atoms with Crippen molar-refractivity contribution in [3.05, 3.63) is 120 Å². The number of carboxylic acid groups (broad SMARTS) is 1. The van der Waals surface area contributed by atoms with Crippen LogP contribution in [0.25, 0.3) is 21.7 Å². The lowest BCUT2D eigenvalue weighted by atomic mass is 9.98. The summed E-state index contributed by atoms with van der Waals surface area (Å²) in [4.78, 5) is 71.8. The predicted molar refractivity (Wildman–Crippen MR) is 202 cm³/mol. The van der Waals surface area contributed by atoms with Crippen LogP contribution in [0.15, 0.2) is 103 Å². The first-order valence-electron chi connectivity index (χ1n) is 17.4. The molecule has 0 aliphatic carbocycles. The van der Waals surface area contributed by atoms with Gasteiger partial charge in [0.05, 0.1) is 12.5 Å². The number of esters is 1. The monoisotopic (exact) mass is 719 g/mol. The van der Waals surface area contributed by atoms with Crippen LogP contribution in [-0.2, 0) is 41.6 Å². The summed E-state index contributed by atoms with van der Waals surface area (Å²) < 4.78 is 5.76. The van der Waals surface area contributed by atoms with Crippen molar-refractivity contribution >= 4 is 51.3 Å². The van der Waals surface area contributed by atoms with Gasteiger partial charge in [0.1, 0.15) is 23.7 Å². The number of rotatable bonds is 14. The fourth-order valence-electron chi connectivity index (χ4n) is 6.25. The molecule has 0 spiro atoms. The minimum Gasteiger partial charge on any atom is -0.481 e. The second-order valence-electron chi connectivity index (χ2n) is 14.0. The number of aromatic nitrogens is 1. The van der Waals surface area contributed by atoms with Crippen LogP contribution < -0.4 is 16.4 Å². The van der Waals surface area contributed by atoms with E-state index < -0.39 is 65.8 Å². The molecule has 4 atom stereocenters. The summed E-state index contributed by atoms with van der Waals surface area (Å²) in [6, 6.07) is 24.1. The lowest BCUT2D eigenvalue weighted by molar-refractivity contribution is -0.164. The Bertz CT molecular complexity index is 2100. The summed E-state index contributed by atoms with van der Waals surface area (Å²) in [6.07, 6.45) is 1.24. The number of likely N-dealkylation sites (N-methyl/N-ethyl adjacent to an activating group) is 1. The number of benzene rings is 4. The van der Waals surface area contributed by atoms with Crippen molar-refractivity contribution in [2.24, 2.45) is 5.73 Å². The summed E-state index contributed by atoms with van der Waals surface area (Å²) in [7, 11) is 1.46. The number of nitrogens with zero attached hydrogens (tertiary/aromatic N) is 1. The molecule has 5 rings (SSSR count). The molecule has 276 valence electrons. The average molecular weight is 720 g/mol. The molecule has 1 aromatic heterocycles. The zero-order valence-corrected chi connectivity index (χ0v) is 30.2. The highest BCUT2D eigenvalue weighted by Crippen LogP contribution is 2.25. The number of aromatic amines is 1. The number of carbonyl (C=O) groups excluding carboxylic acids is 4. The van der Waals surface area contributed by atoms with Gasteiger partial charge in [0.15, 0.2) is 0 Å². The highest BCUT2D eigenvalue weighted by atomic mass is 16.6. The molecular formula is C41H45N5O7. The summed E-state index contributed by atoms with van der Waals surface area (Å²) in [5.74, 6) is -4.31. The van der Waals surface area contributed by atoms with E-state index in [0.717, 1.165) is 32.8 Å². The number of hydrogen-bond acceptors (Lipinski definition) is 7. The smallest absolute Gasteiger partial charge is 0.329 e. The van der Waals surface area contributed by atoms with E-state index in [2.05, 4.69) is 15.6 Å². The Hall–Kier alpha value is -6.01. The van der Waals surface area contributed by atoms with Gasteiger partial charge in [-0.1, -0.05) is 91.0 Å². The van der Waals surface area contributed by atoms with Crippen molar-refractivity contribution < 1.29 is 33.8 Å². The molecule has 0 radical (unpaired) electrons. The Morgan fingerprint density at radius 1 is 0.792 bits per heavy atom. The van der Waals surface area contributed by atoms with Crippen LogP contribution in [0.2, 0.25) is 0 Å². The van der Waals surface area contributed by atoms with E-state index in [-0.39, 0.29) is 12.8 Å². The fourth-order valence-corrected chi connectivity index (χ4v) is 6.25. The largest absolute Gasteiger partial charge is 0.481 e. The van der Waals surface area contributed by atoms with Crippen molar-refractivity contribution in [3.63, 3.8) is 0 Å². The van der Waals surface area contributed by atoms with Gasteiger partial charge in [-0.15, -0.1) is 0 Å². The van der Waals surface area contributed by atoms with Gasteiger partial charge in [-0.25, -0.2) is 4.79 Å². The second-order valence-corrected chi connectivity index (χ2v) is 14.0. The molecule has 0 fully saturated rings. The Morgan fingerprint density at radius 3 is 2.13 bits per heavy atom. The van der Waals surface area contributed by atoms with Gasteiger partial charge in [-0.3, -0.25) is 19.2 Å². The van der Waals surface area contributed by atoms with Crippen molar-refractivity contribution in [2.75, 3.05) is 7.05 Å². The molecule has 4 aromatic carbocycles. The SMILES string of the molecule is CN(C(=O)[C@@H](NC(=O)[C@H](CC(=O)O)NC(=O)[C@@H](N)Cc1cccc2ccccc12)c1ccccc1)[C@@H](Cc1c[nH]c2ccccc12)C(=O)OC(C)(C)C. The minimum absolute atomic E-state index is 0.100. The molecule has 12 nitrogen and oxygen atoms in total. The van der Waals surface area contributed by atoms with E-state index in [1.807, 2.05) is 66.7 Å². The quantitative estimate of drug-likeness (QED) is 0.105. The third-order valence-corrected chi connectivity index (χ3v) is 8.92. The van der Waals surface area contributed by atoms with E-state index in [4.69, 9.17) is 10.5 Å². The van der Waals surface area contributed by atoms with Gasteiger partial charge in [0, 0.05) is 30.6 Å². The first-order valence-corrected chi connectivity index (χ1v) is 17.4. The number of para-hydroxylation sites is 1. The second kappa shape index (κ2) is 16.6. The molecule has 0 saturated carbocycles. The minimum atomic E-state index is -1.57. The standard InChI is InChI=1S/C41H45N5O7/c1-41(2,3)53-40(52)34(22-28-24-43-32-20-11-10-19-30(28)32)46(4)39(51)36(26-14-6-5-7-15-26)45-38(50)33(23-35(47)48)44-37(49)31(42)21-27-17-12-16-25-13-8-9-18-29(25)27/h5-20,24,31,33-34,36,43H,21-23,42H2,1-4H3,(H,44,49)(H,45,50)(H,47,48)/t31-,33-,34-,36-/m0/s1. The molecule has 1 heterocycles. The van der Waals surface area contributed by atoms with Crippen LogP contribution >= 0.6 is 0 Å². The topological polar surface area (TPSA) is 184 Å². The van der Waals surface area contributed by atoms with Crippen molar-refractivity contribution in [2.45, 2.75) is 69.8 Å². The fraction of sp³-hybridized carbons (Fsp3) is 0.293. The number of carboxylic acids is 1. The third-order valence-electron chi connectivity index (χ3n) is 8.92. The molecule has 53 heavy (non-hydrogen) atoms. The van der Waals surface area contributed by atoms with Crippen LogP contribution in [0.1, 0.15) is 49.9 Å². The molecule has 3 amide bonds. The number of hydrogen-bond donors (Lipinski definition) is 5. The number of amides is 3. The first kappa shape index (κ1) is 38.2. The maximum Gasteiger partial charge on any atom is 0.329 e. The number of aliphatic carboxylic acids is 1. The Labute approximate surface area is 307 Å². The van der Waals surface area contributed by atoms with E-state index in [1.165, 1.54) is 11.9 Å². The Kier molecular flexibility index (Phi) is 11.9. The van der Waals surface area contributed by atoms with Gasteiger partial charge >= 0.3 is 11.9 Å². The summed E-state index contributed by atoms with van der Waals surface area (Å²) in [5.41, 5.74) is 8.27. The van der Waals surface area contributed by atoms with Gasteiger partial charge in [-0.2, -0.15) is 0 Å². The molecule has 0 saturated heterocycles. The molecule has 0 aliphatic heterocycles. The van der Waals surface area contributed by atoms with E-state index in [0.29, 0.717) is 5.56 Å². The van der Waals surface area contributed by atoms with Crippen LogP contribution in [0, 0.1) is 0 Å². The number of carbonyl (C=O) groups is 5. The maximum absolute atomic E-state index is 14.4. The lowest BCUT2D eigenvalue weighted by Gasteiger charge is -2.33. The van der Waals surface area contributed by atoms with Crippen molar-refractivity contribution in [1.82, 2.24) is 20.5 Å². The molecule has 0 aliphatic rings. The van der Waals surface area contributed by atoms with Crippen LogP contribution in [0.5, 0.6) is 0 Å².